The highest BCUT2D eigenvalue weighted by Crippen LogP contribution is 2.42. The molecule has 1 N–H and O–H groups in total. The van der Waals surface area contributed by atoms with Gasteiger partial charge in [-0.05, 0) is 92.1 Å². The molecule has 4 aromatic carbocycles. The topological polar surface area (TPSA) is 46.0 Å². The van der Waals surface area contributed by atoms with Crippen molar-refractivity contribution in [2.75, 3.05) is 0 Å². The number of phenols is 1. The summed E-state index contributed by atoms with van der Waals surface area (Å²) in [5.74, 6) is 0.245. The molecular weight excluding hydrogens is 581 g/mol. The third-order valence-corrected chi connectivity index (χ3v) is 9.76. The largest absolute Gasteiger partial charge is 0.507 e. The predicted octanol–water partition coefficient (Wildman–Crippen LogP) is 12.0. The van der Waals surface area contributed by atoms with Crippen LogP contribution < -0.4 is 0 Å². The van der Waals surface area contributed by atoms with Crippen LogP contribution in [-0.2, 0) is 16.2 Å². The Kier molecular flexibility index (Phi) is 7.93. The van der Waals surface area contributed by atoms with Crippen molar-refractivity contribution in [3.63, 3.8) is 0 Å². The molecule has 0 aliphatic heterocycles. The van der Waals surface area contributed by atoms with Crippen LogP contribution in [0.4, 0.5) is 0 Å². The zero-order valence-corrected chi connectivity index (χ0v) is 29.3. The van der Waals surface area contributed by atoms with Gasteiger partial charge in [0.15, 0.2) is 0 Å². The molecule has 0 radical (unpaired) electrons. The quantitative estimate of drug-likeness (QED) is 0.212. The van der Waals surface area contributed by atoms with Crippen molar-refractivity contribution in [2.45, 2.75) is 78.6 Å². The lowest BCUT2D eigenvalue weighted by atomic mass is 9.79. The fraction of sp³-hybridized carbons (Fsp3) is 0.286. The van der Waals surface area contributed by atoms with Gasteiger partial charge in [0.25, 0.3) is 0 Å². The lowest BCUT2D eigenvalue weighted by molar-refractivity contribution is 0.477. The first-order valence-electron chi connectivity index (χ1n) is 16.0. The van der Waals surface area contributed by atoms with E-state index < -0.39 is 0 Å². The predicted molar refractivity (Wildman–Crippen MR) is 197 cm³/mol. The van der Waals surface area contributed by atoms with E-state index in [-0.39, 0.29) is 22.0 Å². The molecule has 0 atom stereocenters. The molecule has 0 bridgehead atoms. The van der Waals surface area contributed by atoms with E-state index >= 15 is 0 Å². The first kappa shape index (κ1) is 31.7. The molecule has 0 saturated heterocycles. The maximum Gasteiger partial charge on any atom is 0.128 e. The van der Waals surface area contributed by atoms with Gasteiger partial charge in [0.05, 0.1) is 21.5 Å². The minimum Gasteiger partial charge on any atom is -0.507 e. The summed E-state index contributed by atoms with van der Waals surface area (Å²) in [7, 11) is 0. The van der Waals surface area contributed by atoms with E-state index in [2.05, 4.69) is 129 Å². The Morgan fingerprint density at radius 1 is 0.543 bits per heavy atom. The summed E-state index contributed by atoms with van der Waals surface area (Å²) in [5.41, 5.74) is 12.2. The van der Waals surface area contributed by atoms with Gasteiger partial charge in [-0.3, -0.25) is 4.98 Å². The number of fused-ring (bicyclic) bond motifs is 1. The maximum atomic E-state index is 10.6. The molecule has 46 heavy (non-hydrogen) atoms. The van der Waals surface area contributed by atoms with Crippen molar-refractivity contribution in [2.24, 2.45) is 0 Å². The smallest absolute Gasteiger partial charge is 0.128 e. The number of para-hydroxylation sites is 1. The number of rotatable bonds is 4. The number of phenolic OH excluding ortho intramolecular Hbond substituents is 1. The number of thiazole rings is 1. The summed E-state index contributed by atoms with van der Waals surface area (Å²) in [6, 6.07) is 32.0. The van der Waals surface area contributed by atoms with E-state index in [9.17, 15) is 5.11 Å². The number of hydrogen-bond acceptors (Lipinski definition) is 4. The molecule has 4 heteroatoms. The molecule has 0 unspecified atom stereocenters. The van der Waals surface area contributed by atoms with Gasteiger partial charge in [0, 0.05) is 17.3 Å². The van der Waals surface area contributed by atoms with Gasteiger partial charge in [-0.25, -0.2) is 4.98 Å². The number of aromatic hydroxyl groups is 1. The van der Waals surface area contributed by atoms with Gasteiger partial charge in [0.1, 0.15) is 10.8 Å². The molecular formula is C42H44N2OS. The van der Waals surface area contributed by atoms with Crippen LogP contribution in [0.2, 0.25) is 0 Å². The molecule has 0 aliphatic rings. The second kappa shape index (κ2) is 11.5. The van der Waals surface area contributed by atoms with E-state index in [1.54, 1.807) is 17.4 Å². The molecule has 0 spiro atoms. The molecule has 2 aromatic heterocycles. The van der Waals surface area contributed by atoms with Crippen molar-refractivity contribution in [3.05, 3.63) is 114 Å². The lowest BCUT2D eigenvalue weighted by Crippen LogP contribution is -2.16. The average Bonchev–Trinajstić information content (AvgIpc) is 3.44. The van der Waals surface area contributed by atoms with Crippen molar-refractivity contribution >= 4 is 21.6 Å². The van der Waals surface area contributed by atoms with Gasteiger partial charge in [-0.1, -0.05) is 111 Å². The molecule has 0 saturated carbocycles. The van der Waals surface area contributed by atoms with E-state index in [1.807, 2.05) is 24.4 Å². The van der Waals surface area contributed by atoms with Crippen LogP contribution in [0.15, 0.2) is 97.2 Å². The number of pyridine rings is 1. The van der Waals surface area contributed by atoms with Crippen LogP contribution in [0.1, 0.15) is 79.0 Å². The number of nitrogens with zero attached hydrogens (tertiary/aromatic N) is 2. The van der Waals surface area contributed by atoms with Gasteiger partial charge < -0.3 is 5.11 Å². The molecule has 0 aliphatic carbocycles. The molecule has 6 aromatic rings. The van der Waals surface area contributed by atoms with Crippen LogP contribution in [0.3, 0.4) is 0 Å². The Hall–Kier alpha value is -4.28. The lowest BCUT2D eigenvalue weighted by Gasteiger charge is -2.26. The fourth-order valence-corrected chi connectivity index (χ4v) is 6.79. The summed E-state index contributed by atoms with van der Waals surface area (Å²) >= 11 is 1.63. The van der Waals surface area contributed by atoms with Crippen LogP contribution in [0.25, 0.3) is 54.3 Å². The van der Waals surface area contributed by atoms with Crippen LogP contribution in [0, 0.1) is 0 Å². The highest BCUT2D eigenvalue weighted by Gasteiger charge is 2.22. The summed E-state index contributed by atoms with van der Waals surface area (Å²) in [5, 5.41) is 11.4. The first-order valence-corrected chi connectivity index (χ1v) is 16.9. The highest BCUT2D eigenvalue weighted by atomic mass is 32.1. The third-order valence-electron chi connectivity index (χ3n) is 8.72. The number of hydrogen-bond donors (Lipinski definition) is 1. The second-order valence-electron chi connectivity index (χ2n) is 15.5. The Morgan fingerprint density at radius 2 is 1.17 bits per heavy atom. The molecule has 6 rings (SSSR count). The normalized spacial score (nSPS) is 12.5. The summed E-state index contributed by atoms with van der Waals surface area (Å²) < 4.78 is 1.11. The molecule has 3 nitrogen and oxygen atoms in total. The van der Waals surface area contributed by atoms with E-state index in [1.165, 1.54) is 22.3 Å². The molecule has 0 amide bonds. The minimum absolute atomic E-state index is 0.0387. The number of benzene rings is 4. The van der Waals surface area contributed by atoms with Crippen molar-refractivity contribution < 1.29 is 5.11 Å². The van der Waals surface area contributed by atoms with Crippen molar-refractivity contribution in [3.8, 4) is 49.8 Å². The second-order valence-corrected chi connectivity index (χ2v) is 16.5. The van der Waals surface area contributed by atoms with Gasteiger partial charge in [-0.2, -0.15) is 0 Å². The summed E-state index contributed by atoms with van der Waals surface area (Å²) in [4.78, 5) is 9.94. The van der Waals surface area contributed by atoms with E-state index in [0.717, 1.165) is 48.7 Å². The number of aromatic nitrogens is 2. The molecule has 2 heterocycles. The third kappa shape index (κ3) is 6.37. The monoisotopic (exact) mass is 624 g/mol. The van der Waals surface area contributed by atoms with E-state index in [0.29, 0.717) is 0 Å². The van der Waals surface area contributed by atoms with Crippen LogP contribution in [-0.4, -0.2) is 15.1 Å². The Bertz CT molecular complexity index is 2030. The van der Waals surface area contributed by atoms with Gasteiger partial charge in [-0.15, -0.1) is 11.3 Å². The highest BCUT2D eigenvalue weighted by molar-refractivity contribution is 7.21. The molecule has 0 fully saturated rings. The zero-order chi connectivity index (χ0) is 33.0. The van der Waals surface area contributed by atoms with Crippen LogP contribution >= 0.6 is 11.3 Å². The van der Waals surface area contributed by atoms with Crippen molar-refractivity contribution in [1.82, 2.24) is 9.97 Å². The standard InChI is InChI=1S/C42H44N2OS/c1-40(2,3)30-20-29(21-31(23-30)41(4,5)6)26-17-18-43-35(22-26)28-14-12-13-27(19-28)34-24-32(42(7,8)9)25-37-38(34)44-39(46-37)33-15-10-11-16-36(33)45/h10-25,45H,1-9H3. The average molecular weight is 625 g/mol. The van der Waals surface area contributed by atoms with E-state index in [4.69, 9.17) is 9.97 Å². The SMILES string of the molecule is CC(C)(C)c1cc(-c2ccnc(-c3cccc(-c4cc(C(C)(C)C)cc5sc(-c6ccccc6O)nc45)c3)c2)cc(C(C)(C)C)c1. The summed E-state index contributed by atoms with van der Waals surface area (Å²) in [6.07, 6.45) is 1.93. The maximum absolute atomic E-state index is 10.6. The van der Waals surface area contributed by atoms with Gasteiger partial charge >= 0.3 is 0 Å². The van der Waals surface area contributed by atoms with Crippen molar-refractivity contribution in [1.29, 1.82) is 0 Å². The Labute approximate surface area is 278 Å². The zero-order valence-electron chi connectivity index (χ0n) is 28.5. The van der Waals surface area contributed by atoms with Crippen LogP contribution in [0.5, 0.6) is 5.75 Å². The minimum atomic E-state index is -0.0387. The van der Waals surface area contributed by atoms with Gasteiger partial charge in [0.2, 0.25) is 0 Å². The summed E-state index contributed by atoms with van der Waals surface area (Å²) in [6.45, 7) is 20.4. The Morgan fingerprint density at radius 3 is 1.83 bits per heavy atom. The Balaban J connectivity index is 1.47. The molecule has 234 valence electrons. The first-order chi connectivity index (χ1) is 21.6. The fourth-order valence-electron chi connectivity index (χ4n) is 5.73.